The molecule has 0 radical (unpaired) electrons. The molecule has 0 bridgehead atoms. The molecule has 3 unspecified atom stereocenters. The lowest BCUT2D eigenvalue weighted by Crippen LogP contribution is -2.35. The van der Waals surface area contributed by atoms with Crippen molar-refractivity contribution in [2.45, 2.75) is 44.4 Å². The smallest absolute Gasteiger partial charge is 0.351 e. The highest BCUT2D eigenvalue weighted by molar-refractivity contribution is 7.44. The minimum absolute atomic E-state index is 0.0463. The molecular weight excluding hydrogens is 461 g/mol. The molecule has 0 spiro atoms. The monoisotopic (exact) mass is 486 g/mol. The number of hydrogen-bond acceptors (Lipinski definition) is 9. The number of nitrogen functional groups attached to an aromatic ring is 1. The lowest BCUT2D eigenvalue weighted by molar-refractivity contribution is -0.137. The van der Waals surface area contributed by atoms with Gasteiger partial charge in [-0.15, -0.1) is 0 Å². The molecule has 3 atom stereocenters. The number of hydrogen-bond donors (Lipinski definition) is 2. The van der Waals surface area contributed by atoms with Crippen LogP contribution in [0.3, 0.4) is 0 Å². The van der Waals surface area contributed by atoms with Gasteiger partial charge < -0.3 is 24.3 Å². The van der Waals surface area contributed by atoms with Gasteiger partial charge in [0.25, 0.3) is 5.92 Å². The van der Waals surface area contributed by atoms with Crippen LogP contribution in [0.5, 0.6) is 5.75 Å². The van der Waals surface area contributed by atoms with Crippen molar-refractivity contribution in [1.82, 2.24) is 9.55 Å². The van der Waals surface area contributed by atoms with E-state index in [4.69, 9.17) is 25.0 Å². The molecule has 0 saturated carbocycles. The van der Waals surface area contributed by atoms with Crippen molar-refractivity contribution in [3.63, 3.8) is 0 Å². The van der Waals surface area contributed by atoms with Crippen molar-refractivity contribution in [2.75, 3.05) is 18.9 Å². The van der Waals surface area contributed by atoms with Crippen molar-refractivity contribution >= 4 is 20.3 Å². The second kappa shape index (κ2) is 11.0. The molecule has 4 rings (SSSR count). The Kier molecular flexibility index (Phi) is 8.30. The summed E-state index contributed by atoms with van der Waals surface area (Å²) in [4.78, 5) is 25.3. The van der Waals surface area contributed by atoms with Crippen molar-refractivity contribution < 1.29 is 32.1 Å². The zero-order valence-electron chi connectivity index (χ0n) is 17.9. The highest BCUT2D eigenvalue weighted by atomic mass is 31.2. The quantitative estimate of drug-likeness (QED) is 0.466. The molecule has 180 valence electrons. The fourth-order valence-electron chi connectivity index (χ4n) is 3.07. The summed E-state index contributed by atoms with van der Waals surface area (Å²) in [6.45, 7) is 2.37. The van der Waals surface area contributed by atoms with Crippen LogP contribution in [0.2, 0.25) is 0 Å². The number of alkyl halides is 2. The highest BCUT2D eigenvalue weighted by Crippen LogP contribution is 2.43. The van der Waals surface area contributed by atoms with Crippen molar-refractivity contribution in [2.24, 2.45) is 5.50 Å². The predicted molar refractivity (Wildman–Crippen MR) is 115 cm³/mol. The standard InChI is InChI=1S/C16H19F2N4O4P.C4H6O2/c1-10-2-4-11(5-3-10)26-27(20)24-9-12-8-16(17,18)14(25-12)22-7-6-13(19)21-15(22)23;5-4-2-1-3-6-4/h2-7,12,14H,8-9,20H2,1H3,(H2,19,21,23);1-3H2. The molecule has 2 aliphatic heterocycles. The van der Waals surface area contributed by atoms with E-state index in [1.54, 1.807) is 12.1 Å². The molecule has 3 heterocycles. The second-order valence-electron chi connectivity index (χ2n) is 7.43. The number of nitrogens with zero attached hydrogens (tertiary/aromatic N) is 2. The van der Waals surface area contributed by atoms with Crippen molar-refractivity contribution in [3.05, 3.63) is 52.6 Å². The summed E-state index contributed by atoms with van der Waals surface area (Å²) in [5.74, 6) is -2.86. The number of aromatic nitrogens is 2. The van der Waals surface area contributed by atoms with Crippen molar-refractivity contribution in [3.8, 4) is 5.75 Å². The molecule has 13 heteroatoms. The van der Waals surface area contributed by atoms with E-state index < -0.39 is 38.9 Å². The van der Waals surface area contributed by atoms with E-state index in [1.807, 2.05) is 19.1 Å². The average Bonchev–Trinajstić information content (AvgIpc) is 3.34. The Morgan fingerprint density at radius 2 is 2.00 bits per heavy atom. The summed E-state index contributed by atoms with van der Waals surface area (Å²) < 4.78 is 49.8. The molecule has 0 aliphatic carbocycles. The summed E-state index contributed by atoms with van der Waals surface area (Å²) in [7, 11) is -1.81. The normalized spacial score (nSPS) is 22.2. The topological polar surface area (TPSA) is 141 Å². The zero-order valence-corrected chi connectivity index (χ0v) is 18.8. The van der Waals surface area contributed by atoms with Crippen LogP contribution in [0, 0.1) is 6.92 Å². The van der Waals surface area contributed by atoms with Gasteiger partial charge in [-0.1, -0.05) is 17.7 Å². The molecule has 33 heavy (non-hydrogen) atoms. The fraction of sp³-hybridized carbons (Fsp3) is 0.450. The Morgan fingerprint density at radius 1 is 1.27 bits per heavy atom. The first-order valence-electron chi connectivity index (χ1n) is 10.1. The van der Waals surface area contributed by atoms with Gasteiger partial charge in [-0.3, -0.25) is 14.9 Å². The number of anilines is 1. The Hall–Kier alpha value is -2.66. The Labute approximate surface area is 189 Å². The third-order valence-corrected chi connectivity index (χ3v) is 5.47. The highest BCUT2D eigenvalue weighted by Gasteiger charge is 2.52. The van der Waals surface area contributed by atoms with Gasteiger partial charge in [0.05, 0.1) is 19.3 Å². The summed E-state index contributed by atoms with van der Waals surface area (Å²) in [6, 6.07) is 8.42. The van der Waals surface area contributed by atoms with Crippen LogP contribution in [0.25, 0.3) is 0 Å². The maximum absolute atomic E-state index is 14.3. The van der Waals surface area contributed by atoms with Gasteiger partial charge in [0.2, 0.25) is 6.23 Å². The van der Waals surface area contributed by atoms with E-state index in [0.29, 0.717) is 23.3 Å². The number of benzene rings is 1. The van der Waals surface area contributed by atoms with Gasteiger partial charge in [0, 0.05) is 19.0 Å². The largest absolute Gasteiger partial charge is 0.466 e. The Morgan fingerprint density at radius 3 is 2.58 bits per heavy atom. The number of halogens is 2. The summed E-state index contributed by atoms with van der Waals surface area (Å²) >= 11 is 0. The second-order valence-corrected chi connectivity index (χ2v) is 8.44. The fourth-order valence-corrected chi connectivity index (χ4v) is 3.76. The Bertz CT molecular complexity index is 999. The summed E-state index contributed by atoms with van der Waals surface area (Å²) in [5.41, 5.74) is 11.3. The molecule has 1 aromatic carbocycles. The average molecular weight is 486 g/mol. The first kappa shape index (κ1) is 25.0. The number of ether oxygens (including phenoxy) is 2. The molecule has 2 saturated heterocycles. The molecule has 2 aromatic rings. The number of aryl methyl sites for hydroxylation is 1. The molecule has 0 amide bonds. The van der Waals surface area contributed by atoms with E-state index in [-0.39, 0.29) is 18.4 Å². The van der Waals surface area contributed by atoms with E-state index in [0.717, 1.165) is 18.2 Å². The van der Waals surface area contributed by atoms with Crippen LogP contribution >= 0.6 is 8.53 Å². The number of cyclic esters (lactones) is 1. The number of carbonyl (C=O) groups is 1. The van der Waals surface area contributed by atoms with Crippen LogP contribution in [0.1, 0.15) is 31.1 Å². The van der Waals surface area contributed by atoms with Gasteiger partial charge in [-0.2, -0.15) is 4.98 Å². The van der Waals surface area contributed by atoms with Crippen molar-refractivity contribution in [1.29, 1.82) is 0 Å². The van der Waals surface area contributed by atoms with Gasteiger partial charge >= 0.3 is 20.2 Å². The van der Waals surface area contributed by atoms with Gasteiger partial charge in [-0.25, -0.2) is 13.6 Å². The third kappa shape index (κ3) is 7.16. The molecule has 10 nitrogen and oxygen atoms in total. The number of esters is 1. The lowest BCUT2D eigenvalue weighted by Gasteiger charge is -2.19. The maximum atomic E-state index is 14.3. The molecule has 2 fully saturated rings. The van der Waals surface area contributed by atoms with Crippen LogP contribution in [0.4, 0.5) is 14.6 Å². The number of carbonyl (C=O) groups excluding carboxylic acids is 1. The van der Waals surface area contributed by atoms with Gasteiger partial charge in [-0.05, 0) is 31.5 Å². The number of rotatable bonds is 6. The molecule has 1 aromatic heterocycles. The molecular formula is C20H25F2N4O6P. The summed E-state index contributed by atoms with van der Waals surface area (Å²) in [6.07, 6.45) is -0.692. The first-order chi connectivity index (χ1) is 15.6. The minimum atomic E-state index is -3.27. The predicted octanol–water partition coefficient (Wildman–Crippen LogP) is 2.66. The van der Waals surface area contributed by atoms with E-state index in [1.165, 1.54) is 6.07 Å². The van der Waals surface area contributed by atoms with Crippen LogP contribution in [0.15, 0.2) is 41.3 Å². The third-order valence-electron chi connectivity index (χ3n) is 4.68. The number of nitrogens with two attached hydrogens (primary N) is 2. The SMILES string of the molecule is Cc1ccc(OP(N)OCC2CC(F)(F)C(n3ccc(N)nc3=O)O2)cc1.O=C1CCCO1. The van der Waals surface area contributed by atoms with Crippen LogP contribution < -0.4 is 21.5 Å². The van der Waals surface area contributed by atoms with E-state index >= 15 is 0 Å². The first-order valence-corrected chi connectivity index (χ1v) is 11.3. The lowest BCUT2D eigenvalue weighted by atomic mass is 10.2. The summed E-state index contributed by atoms with van der Waals surface area (Å²) in [5, 5.41) is 0. The van der Waals surface area contributed by atoms with Gasteiger partial charge in [0.15, 0.2) is 0 Å². The van der Waals surface area contributed by atoms with Crippen LogP contribution in [-0.4, -0.2) is 40.8 Å². The van der Waals surface area contributed by atoms with E-state index in [2.05, 4.69) is 9.72 Å². The Balaban J connectivity index is 0.000000442. The van der Waals surface area contributed by atoms with E-state index in [9.17, 15) is 18.4 Å². The molecule has 4 N–H and O–H groups in total. The minimum Gasteiger partial charge on any atom is -0.466 e. The molecule has 2 aliphatic rings. The zero-order chi connectivity index (χ0) is 24.0. The van der Waals surface area contributed by atoms with Crippen LogP contribution in [-0.2, 0) is 18.8 Å². The van der Waals surface area contributed by atoms with Gasteiger partial charge in [0.1, 0.15) is 11.6 Å². The maximum Gasteiger partial charge on any atom is 0.351 e.